The van der Waals surface area contributed by atoms with Crippen molar-refractivity contribution in [2.45, 2.75) is 56.8 Å². The monoisotopic (exact) mass is 348 g/mol. The second-order valence-electron chi connectivity index (χ2n) is 9.60. The summed E-state index contributed by atoms with van der Waals surface area (Å²) >= 11 is 0. The first-order valence-electron chi connectivity index (χ1n) is 10.3. The second-order valence-corrected chi connectivity index (χ2v) is 9.60. The quantitative estimate of drug-likeness (QED) is 0.562. The van der Waals surface area contributed by atoms with E-state index in [0.717, 1.165) is 52.0 Å². The van der Waals surface area contributed by atoms with Crippen molar-refractivity contribution >= 4 is 5.97 Å². The summed E-state index contributed by atoms with van der Waals surface area (Å²) in [4.78, 5) is 17.8. The van der Waals surface area contributed by atoms with Gasteiger partial charge in [-0.25, -0.2) is 0 Å². The molecule has 25 heavy (non-hydrogen) atoms. The molecule has 2 aliphatic carbocycles. The fourth-order valence-electron chi connectivity index (χ4n) is 6.57. The van der Waals surface area contributed by atoms with E-state index in [-0.39, 0.29) is 29.2 Å². The molecule has 0 amide bonds. The van der Waals surface area contributed by atoms with E-state index < -0.39 is 0 Å². The van der Waals surface area contributed by atoms with Crippen molar-refractivity contribution in [3.8, 4) is 0 Å². The number of epoxide rings is 1. The van der Waals surface area contributed by atoms with Crippen molar-refractivity contribution in [3.63, 3.8) is 0 Å². The summed E-state index contributed by atoms with van der Waals surface area (Å²) in [6, 6.07) is 0. The van der Waals surface area contributed by atoms with E-state index >= 15 is 0 Å². The Labute approximate surface area is 151 Å². The smallest absolute Gasteiger partial charge is 0.311 e. The topological polar surface area (TPSA) is 45.3 Å². The van der Waals surface area contributed by atoms with Crippen molar-refractivity contribution in [1.82, 2.24) is 9.80 Å². The summed E-state index contributed by atoms with van der Waals surface area (Å²) in [6.45, 7) is 9.79. The zero-order chi connectivity index (χ0) is 17.4. The van der Waals surface area contributed by atoms with Gasteiger partial charge >= 0.3 is 5.97 Å². The highest BCUT2D eigenvalue weighted by Gasteiger charge is 2.77. The predicted molar refractivity (Wildman–Crippen MR) is 94.1 cm³/mol. The zero-order valence-corrected chi connectivity index (χ0v) is 15.9. The number of carbonyl (C=O) groups excluding carboxylic acids is 1. The van der Waals surface area contributed by atoms with Gasteiger partial charge in [-0.05, 0) is 45.6 Å². The third kappa shape index (κ3) is 2.28. The van der Waals surface area contributed by atoms with Gasteiger partial charge in [-0.1, -0.05) is 6.92 Å². The highest BCUT2D eigenvalue weighted by Crippen LogP contribution is 2.66. The first kappa shape index (κ1) is 16.5. The summed E-state index contributed by atoms with van der Waals surface area (Å²) in [6.07, 6.45) is 4.78. The minimum atomic E-state index is -0.320. The van der Waals surface area contributed by atoms with Crippen LogP contribution in [0.25, 0.3) is 0 Å². The highest BCUT2D eigenvalue weighted by molar-refractivity contribution is 5.77. The van der Waals surface area contributed by atoms with Gasteiger partial charge in [0, 0.05) is 44.6 Å². The molecule has 7 atom stereocenters. The Bertz CT molecular complexity index is 575. The molecule has 0 radical (unpaired) electrons. The maximum Gasteiger partial charge on any atom is 0.311 e. The van der Waals surface area contributed by atoms with Crippen molar-refractivity contribution < 1.29 is 14.3 Å². The van der Waals surface area contributed by atoms with E-state index in [4.69, 9.17) is 9.47 Å². The summed E-state index contributed by atoms with van der Waals surface area (Å²) in [7, 11) is 2.18. The average Bonchev–Trinajstić information content (AvgIpc) is 3.20. The van der Waals surface area contributed by atoms with E-state index in [1.165, 1.54) is 6.42 Å². The number of nitrogens with zero attached hydrogens (tertiary/aromatic N) is 2. The van der Waals surface area contributed by atoms with Gasteiger partial charge in [-0.3, -0.25) is 9.69 Å². The Balaban J connectivity index is 1.41. The number of hydrogen-bond acceptors (Lipinski definition) is 5. The second kappa shape index (κ2) is 5.43. The van der Waals surface area contributed by atoms with Gasteiger partial charge in [-0.2, -0.15) is 0 Å². The van der Waals surface area contributed by atoms with E-state index in [0.29, 0.717) is 17.8 Å². The van der Waals surface area contributed by atoms with Crippen LogP contribution in [0.3, 0.4) is 0 Å². The van der Waals surface area contributed by atoms with Gasteiger partial charge in [0.1, 0.15) is 11.7 Å². The van der Waals surface area contributed by atoms with Crippen molar-refractivity contribution in [3.05, 3.63) is 0 Å². The SMILES string of the molecule is C[C@@H]1CC[C@H]2[C@H](CN3CCN(C)CC3)C(=O)O[C@]23[C@H]1CC[C@@]1(C)O[C@@H]31. The molecule has 5 aliphatic rings. The molecule has 0 unspecified atom stereocenters. The molecule has 0 aromatic carbocycles. The summed E-state index contributed by atoms with van der Waals surface area (Å²) in [5.74, 6) is 1.59. The van der Waals surface area contributed by atoms with Gasteiger partial charge < -0.3 is 14.4 Å². The fourth-order valence-corrected chi connectivity index (χ4v) is 6.57. The van der Waals surface area contributed by atoms with Crippen LogP contribution in [0.15, 0.2) is 0 Å². The number of fused-ring (bicyclic) bond motifs is 1. The molecule has 0 bridgehead atoms. The maximum atomic E-state index is 13.0. The predicted octanol–water partition coefficient (Wildman–Crippen LogP) is 1.76. The summed E-state index contributed by atoms with van der Waals surface area (Å²) < 4.78 is 12.5. The van der Waals surface area contributed by atoms with E-state index in [1.54, 1.807) is 0 Å². The lowest BCUT2D eigenvalue weighted by Crippen LogP contribution is -2.58. The number of esters is 1. The Morgan fingerprint density at radius 1 is 1.12 bits per heavy atom. The lowest BCUT2D eigenvalue weighted by atomic mass is 9.55. The third-order valence-corrected chi connectivity index (χ3v) is 8.14. The highest BCUT2D eigenvalue weighted by atomic mass is 16.7. The largest absolute Gasteiger partial charge is 0.455 e. The molecule has 3 saturated heterocycles. The van der Waals surface area contributed by atoms with E-state index in [9.17, 15) is 4.79 Å². The number of hydrogen-bond donors (Lipinski definition) is 0. The zero-order valence-electron chi connectivity index (χ0n) is 15.9. The van der Waals surface area contributed by atoms with Crippen LogP contribution in [-0.4, -0.2) is 72.8 Å². The molecule has 140 valence electrons. The van der Waals surface area contributed by atoms with Gasteiger partial charge in [0.15, 0.2) is 0 Å². The van der Waals surface area contributed by atoms with Gasteiger partial charge in [0.2, 0.25) is 0 Å². The van der Waals surface area contributed by atoms with Crippen LogP contribution in [0, 0.1) is 23.7 Å². The number of piperazine rings is 1. The Morgan fingerprint density at radius 2 is 1.88 bits per heavy atom. The van der Waals surface area contributed by atoms with Crippen LogP contribution < -0.4 is 0 Å². The van der Waals surface area contributed by atoms with Crippen molar-refractivity contribution in [1.29, 1.82) is 0 Å². The summed E-state index contributed by atoms with van der Waals surface area (Å²) in [5, 5.41) is 0. The number of rotatable bonds is 2. The van der Waals surface area contributed by atoms with E-state index in [1.807, 2.05) is 0 Å². The first-order valence-corrected chi connectivity index (χ1v) is 10.3. The summed E-state index contributed by atoms with van der Waals surface area (Å²) in [5.41, 5.74) is -0.353. The molecule has 5 heteroatoms. The Morgan fingerprint density at radius 3 is 2.64 bits per heavy atom. The molecular weight excluding hydrogens is 316 g/mol. The molecule has 0 aromatic rings. The molecule has 5 nitrogen and oxygen atoms in total. The average molecular weight is 348 g/mol. The number of ether oxygens (including phenoxy) is 2. The van der Waals surface area contributed by atoms with Crippen molar-refractivity contribution in [2.24, 2.45) is 23.7 Å². The van der Waals surface area contributed by atoms with Crippen LogP contribution >= 0.6 is 0 Å². The minimum absolute atomic E-state index is 0.0329. The van der Waals surface area contributed by atoms with Crippen LogP contribution in [0.1, 0.15) is 39.5 Å². The maximum absolute atomic E-state index is 13.0. The van der Waals surface area contributed by atoms with Crippen LogP contribution in [0.5, 0.6) is 0 Å². The molecule has 5 rings (SSSR count). The Kier molecular flexibility index (Phi) is 3.59. The molecular formula is C20H32N2O3. The van der Waals surface area contributed by atoms with Crippen LogP contribution in [0.2, 0.25) is 0 Å². The molecule has 5 fully saturated rings. The van der Waals surface area contributed by atoms with Gasteiger partial charge in [0.25, 0.3) is 0 Å². The molecule has 1 spiro atoms. The van der Waals surface area contributed by atoms with Crippen LogP contribution in [0.4, 0.5) is 0 Å². The van der Waals surface area contributed by atoms with Crippen molar-refractivity contribution in [2.75, 3.05) is 39.8 Å². The molecule has 2 saturated carbocycles. The van der Waals surface area contributed by atoms with Gasteiger partial charge in [-0.15, -0.1) is 0 Å². The minimum Gasteiger partial charge on any atom is -0.455 e. The molecule has 0 aromatic heterocycles. The molecule has 3 aliphatic heterocycles. The normalized spacial score (nSPS) is 52.9. The third-order valence-electron chi connectivity index (χ3n) is 8.14. The molecule has 0 N–H and O–H groups in total. The number of carbonyl (C=O) groups is 1. The van der Waals surface area contributed by atoms with Gasteiger partial charge in [0.05, 0.1) is 11.5 Å². The lowest BCUT2D eigenvalue weighted by molar-refractivity contribution is -0.168. The van der Waals surface area contributed by atoms with E-state index in [2.05, 4.69) is 30.7 Å². The number of likely N-dealkylation sites (N-methyl/N-ethyl adjacent to an activating group) is 1. The van der Waals surface area contributed by atoms with Crippen LogP contribution in [-0.2, 0) is 14.3 Å². The fraction of sp³-hybridized carbons (Fsp3) is 0.950. The molecule has 3 heterocycles. The first-order chi connectivity index (χ1) is 11.9. The Hall–Kier alpha value is -0.650. The standard InChI is InChI=1S/C20H32N2O3/c1-13-4-5-16-14(12-22-10-8-21(3)9-11-22)17(23)24-20(16)15(13)6-7-19(2)18(20)25-19/h13-16,18H,4-12H2,1-3H3/t13-,14+,15+,16+,18-,19-,20-/m1/s1. The lowest BCUT2D eigenvalue weighted by Gasteiger charge is -2.50.